The zero-order valence-corrected chi connectivity index (χ0v) is 14.4. The first-order chi connectivity index (χ1) is 11.1. The summed E-state index contributed by atoms with van der Waals surface area (Å²) in [5, 5.41) is 6.97. The number of anilines is 1. The summed E-state index contributed by atoms with van der Waals surface area (Å²) in [6.07, 6.45) is 3.47. The minimum absolute atomic E-state index is 0.167. The van der Waals surface area contributed by atoms with Crippen LogP contribution in [0.2, 0.25) is 0 Å². The fourth-order valence-electron chi connectivity index (χ4n) is 1.89. The summed E-state index contributed by atoms with van der Waals surface area (Å²) in [6.45, 7) is 2.17. The molecule has 0 aliphatic carbocycles. The first-order valence-electron chi connectivity index (χ1n) is 7.18. The van der Waals surface area contributed by atoms with Crippen LogP contribution in [0.5, 0.6) is 0 Å². The highest BCUT2D eigenvalue weighted by Gasteiger charge is 1.99. The fraction of sp³-hybridized carbons (Fsp3) is 0.111. The minimum Gasteiger partial charge on any atom is -0.376 e. The van der Waals surface area contributed by atoms with Gasteiger partial charge in [0.25, 0.3) is 5.91 Å². The largest absolute Gasteiger partial charge is 0.376 e. The zero-order valence-electron chi connectivity index (χ0n) is 12.8. The van der Waals surface area contributed by atoms with Crippen LogP contribution in [0, 0.1) is 6.92 Å². The molecule has 0 aliphatic rings. The minimum atomic E-state index is -0.206. The van der Waals surface area contributed by atoms with Crippen LogP contribution in [0.4, 0.5) is 5.69 Å². The SMILES string of the molecule is Cc1cccc(NCC(=O)N/N=C/C(Br)=C/c2ccccc2)c1. The van der Waals surface area contributed by atoms with Crippen molar-refractivity contribution in [2.24, 2.45) is 5.10 Å². The Kier molecular flexibility index (Phi) is 6.56. The fourth-order valence-corrected chi connectivity index (χ4v) is 2.26. The lowest BCUT2D eigenvalue weighted by Crippen LogP contribution is -2.25. The molecule has 0 spiro atoms. The van der Waals surface area contributed by atoms with E-state index in [1.165, 1.54) is 0 Å². The number of amides is 1. The highest BCUT2D eigenvalue weighted by atomic mass is 79.9. The van der Waals surface area contributed by atoms with Gasteiger partial charge in [-0.1, -0.05) is 42.5 Å². The van der Waals surface area contributed by atoms with Gasteiger partial charge in [0, 0.05) is 10.2 Å². The summed E-state index contributed by atoms with van der Waals surface area (Å²) in [6, 6.07) is 17.7. The van der Waals surface area contributed by atoms with E-state index < -0.39 is 0 Å². The molecule has 5 heteroatoms. The molecule has 23 heavy (non-hydrogen) atoms. The Labute approximate surface area is 144 Å². The first-order valence-corrected chi connectivity index (χ1v) is 7.97. The van der Waals surface area contributed by atoms with Crippen molar-refractivity contribution in [2.45, 2.75) is 6.92 Å². The van der Waals surface area contributed by atoms with Gasteiger partial charge in [-0.3, -0.25) is 4.79 Å². The van der Waals surface area contributed by atoms with E-state index in [0.717, 1.165) is 21.3 Å². The van der Waals surface area contributed by atoms with E-state index in [0.29, 0.717) is 0 Å². The zero-order chi connectivity index (χ0) is 16.5. The average molecular weight is 372 g/mol. The number of halogens is 1. The standard InChI is InChI=1S/C18H18BrN3O/c1-14-6-5-9-17(10-14)20-13-18(23)22-21-12-16(19)11-15-7-3-2-4-8-15/h2-12,20H,13H2,1H3,(H,22,23)/b16-11-,21-12+. The van der Waals surface area contributed by atoms with Crippen molar-refractivity contribution in [1.29, 1.82) is 0 Å². The van der Waals surface area contributed by atoms with E-state index in [1.807, 2.05) is 67.6 Å². The van der Waals surface area contributed by atoms with Gasteiger partial charge >= 0.3 is 0 Å². The number of hydrogen-bond acceptors (Lipinski definition) is 3. The van der Waals surface area contributed by atoms with Crippen molar-refractivity contribution in [3.8, 4) is 0 Å². The molecule has 0 saturated carbocycles. The van der Waals surface area contributed by atoms with E-state index in [9.17, 15) is 4.79 Å². The summed E-state index contributed by atoms with van der Waals surface area (Å²) in [5.41, 5.74) is 5.59. The second-order valence-corrected chi connectivity index (χ2v) is 5.87. The van der Waals surface area contributed by atoms with Gasteiger partial charge in [-0.05, 0) is 52.2 Å². The predicted octanol–water partition coefficient (Wildman–Crippen LogP) is 3.94. The Morgan fingerprint density at radius 2 is 1.96 bits per heavy atom. The highest BCUT2D eigenvalue weighted by molar-refractivity contribution is 9.12. The molecule has 2 aromatic carbocycles. The van der Waals surface area contributed by atoms with Crippen molar-refractivity contribution in [3.63, 3.8) is 0 Å². The molecule has 0 saturated heterocycles. The van der Waals surface area contributed by atoms with E-state index >= 15 is 0 Å². The van der Waals surface area contributed by atoms with Crippen LogP contribution in [-0.4, -0.2) is 18.7 Å². The monoisotopic (exact) mass is 371 g/mol. The van der Waals surface area contributed by atoms with Gasteiger partial charge in [0.15, 0.2) is 0 Å². The molecular weight excluding hydrogens is 354 g/mol. The van der Waals surface area contributed by atoms with Crippen molar-refractivity contribution in [2.75, 3.05) is 11.9 Å². The third-order valence-electron chi connectivity index (χ3n) is 2.95. The molecule has 4 nitrogen and oxygen atoms in total. The molecular formula is C18H18BrN3O. The number of allylic oxidation sites excluding steroid dienone is 1. The van der Waals surface area contributed by atoms with Gasteiger partial charge < -0.3 is 5.32 Å². The third-order valence-corrected chi connectivity index (χ3v) is 3.39. The van der Waals surface area contributed by atoms with Crippen molar-refractivity contribution in [1.82, 2.24) is 5.43 Å². The lowest BCUT2D eigenvalue weighted by molar-refractivity contribution is -0.119. The number of nitrogens with one attached hydrogen (secondary N) is 2. The quantitative estimate of drug-likeness (QED) is 0.596. The lowest BCUT2D eigenvalue weighted by Gasteiger charge is -2.05. The number of hydrogen-bond donors (Lipinski definition) is 2. The third kappa shape index (κ3) is 6.48. The van der Waals surface area contributed by atoms with Crippen molar-refractivity contribution >= 4 is 39.8 Å². The Balaban J connectivity index is 1.78. The number of benzene rings is 2. The Hall–Kier alpha value is -2.40. The lowest BCUT2D eigenvalue weighted by atomic mass is 10.2. The number of hydrazone groups is 1. The van der Waals surface area contributed by atoms with Crippen LogP contribution in [0.15, 0.2) is 64.2 Å². The first kappa shape index (κ1) is 17.0. The second-order valence-electron chi connectivity index (χ2n) is 4.96. The normalized spacial score (nSPS) is 11.5. The molecule has 0 aromatic heterocycles. The van der Waals surface area contributed by atoms with Crippen LogP contribution in [0.25, 0.3) is 6.08 Å². The van der Waals surface area contributed by atoms with Gasteiger partial charge in [0.1, 0.15) is 0 Å². The molecule has 0 fully saturated rings. The molecule has 0 radical (unpaired) electrons. The highest BCUT2D eigenvalue weighted by Crippen LogP contribution is 2.10. The molecule has 1 amide bonds. The van der Waals surface area contributed by atoms with Crippen LogP contribution < -0.4 is 10.7 Å². The second kappa shape index (κ2) is 8.90. The summed E-state index contributed by atoms with van der Waals surface area (Å²) < 4.78 is 0.774. The van der Waals surface area contributed by atoms with E-state index in [4.69, 9.17) is 0 Å². The number of aryl methyl sites for hydroxylation is 1. The number of carbonyl (C=O) groups is 1. The van der Waals surface area contributed by atoms with Gasteiger partial charge in [-0.25, -0.2) is 5.43 Å². The Morgan fingerprint density at radius 1 is 1.17 bits per heavy atom. The Bertz CT molecular complexity index is 711. The van der Waals surface area contributed by atoms with Gasteiger partial charge in [0.05, 0.1) is 12.8 Å². The maximum absolute atomic E-state index is 11.7. The van der Waals surface area contributed by atoms with Gasteiger partial charge in [-0.2, -0.15) is 5.10 Å². The number of carbonyl (C=O) groups excluding carboxylic acids is 1. The molecule has 2 rings (SSSR count). The molecule has 0 heterocycles. The summed E-state index contributed by atoms with van der Waals surface area (Å²) in [4.78, 5) is 11.7. The molecule has 0 atom stereocenters. The van der Waals surface area contributed by atoms with E-state index in [2.05, 4.69) is 31.8 Å². The smallest absolute Gasteiger partial charge is 0.259 e. The molecule has 2 N–H and O–H groups in total. The summed E-state index contributed by atoms with van der Waals surface area (Å²) >= 11 is 3.39. The number of nitrogens with zero attached hydrogens (tertiary/aromatic N) is 1. The Morgan fingerprint density at radius 3 is 2.70 bits per heavy atom. The van der Waals surface area contributed by atoms with Crippen LogP contribution >= 0.6 is 15.9 Å². The van der Waals surface area contributed by atoms with Crippen molar-refractivity contribution < 1.29 is 4.79 Å². The number of rotatable bonds is 6. The van der Waals surface area contributed by atoms with Crippen molar-refractivity contribution in [3.05, 3.63) is 70.2 Å². The molecule has 118 valence electrons. The topological polar surface area (TPSA) is 53.5 Å². The predicted molar refractivity (Wildman–Crippen MR) is 99.6 cm³/mol. The van der Waals surface area contributed by atoms with Crippen LogP contribution in [0.1, 0.15) is 11.1 Å². The van der Waals surface area contributed by atoms with Crippen LogP contribution in [0.3, 0.4) is 0 Å². The van der Waals surface area contributed by atoms with E-state index in [1.54, 1.807) is 6.21 Å². The maximum Gasteiger partial charge on any atom is 0.259 e. The summed E-state index contributed by atoms with van der Waals surface area (Å²) in [5.74, 6) is -0.206. The molecule has 0 unspecified atom stereocenters. The molecule has 0 bridgehead atoms. The molecule has 2 aromatic rings. The average Bonchev–Trinajstić information content (AvgIpc) is 2.54. The van der Waals surface area contributed by atoms with Crippen LogP contribution in [-0.2, 0) is 4.79 Å². The van der Waals surface area contributed by atoms with Gasteiger partial charge in [-0.15, -0.1) is 0 Å². The van der Waals surface area contributed by atoms with Gasteiger partial charge in [0.2, 0.25) is 0 Å². The molecule has 0 aliphatic heterocycles. The van der Waals surface area contributed by atoms with E-state index in [-0.39, 0.29) is 12.5 Å². The summed E-state index contributed by atoms with van der Waals surface area (Å²) in [7, 11) is 0. The maximum atomic E-state index is 11.7.